The van der Waals surface area contributed by atoms with E-state index in [4.69, 9.17) is 4.74 Å². The van der Waals surface area contributed by atoms with Crippen LogP contribution in [0, 0.1) is 0 Å². The van der Waals surface area contributed by atoms with Crippen LogP contribution in [0.15, 0.2) is 69.9 Å². The summed E-state index contributed by atoms with van der Waals surface area (Å²) in [6.45, 7) is 0. The van der Waals surface area contributed by atoms with E-state index < -0.39 is 5.97 Å². The van der Waals surface area contributed by atoms with E-state index >= 15 is 0 Å². The van der Waals surface area contributed by atoms with E-state index in [1.165, 1.54) is 0 Å². The van der Waals surface area contributed by atoms with Crippen molar-refractivity contribution in [3.63, 3.8) is 0 Å². The Morgan fingerprint density at radius 2 is 1.73 bits per heavy atom. The Balaban J connectivity index is 1.59. The van der Waals surface area contributed by atoms with E-state index in [0.717, 1.165) is 15.2 Å². The number of ether oxygens (including phenoxy) is 1. The lowest BCUT2D eigenvalue weighted by Gasteiger charge is -2.07. The standard InChI is InChI=1S/C20H13BrN2O3/c21-14-7-5-13-10-15(8-6-12(13)9-14)26-19(24)11-18-16-3-1-2-4-17(16)20(25)23-22-18/h1-10H,11H2,(H,23,25). The zero-order valence-corrected chi connectivity index (χ0v) is 15.1. The molecule has 1 aromatic heterocycles. The first-order chi connectivity index (χ1) is 12.6. The van der Waals surface area contributed by atoms with Gasteiger partial charge in [-0.15, -0.1) is 0 Å². The van der Waals surface area contributed by atoms with Crippen LogP contribution in [0.3, 0.4) is 0 Å². The summed E-state index contributed by atoms with van der Waals surface area (Å²) in [7, 11) is 0. The Morgan fingerprint density at radius 3 is 2.58 bits per heavy atom. The minimum Gasteiger partial charge on any atom is -0.426 e. The van der Waals surface area contributed by atoms with E-state index in [-0.39, 0.29) is 12.0 Å². The van der Waals surface area contributed by atoms with Crippen LogP contribution in [-0.2, 0) is 11.2 Å². The third-order valence-corrected chi connectivity index (χ3v) is 4.59. The molecule has 0 saturated carbocycles. The fraction of sp³-hybridized carbons (Fsp3) is 0.0500. The van der Waals surface area contributed by atoms with Gasteiger partial charge in [0.2, 0.25) is 0 Å². The second kappa shape index (κ2) is 6.72. The Morgan fingerprint density at radius 1 is 1.00 bits per heavy atom. The van der Waals surface area contributed by atoms with Crippen molar-refractivity contribution in [2.45, 2.75) is 6.42 Å². The number of aromatic amines is 1. The maximum absolute atomic E-state index is 12.3. The molecule has 0 aliphatic rings. The van der Waals surface area contributed by atoms with Crippen LogP contribution in [0.2, 0.25) is 0 Å². The lowest BCUT2D eigenvalue weighted by Crippen LogP contribution is -2.16. The van der Waals surface area contributed by atoms with Gasteiger partial charge < -0.3 is 4.74 Å². The molecule has 0 saturated heterocycles. The molecule has 3 aromatic carbocycles. The van der Waals surface area contributed by atoms with Crippen molar-refractivity contribution in [2.24, 2.45) is 0 Å². The van der Waals surface area contributed by atoms with Crippen molar-refractivity contribution in [1.29, 1.82) is 0 Å². The maximum atomic E-state index is 12.3. The normalized spacial score (nSPS) is 11.0. The molecular weight excluding hydrogens is 396 g/mol. The van der Waals surface area contributed by atoms with Crippen molar-refractivity contribution in [3.8, 4) is 5.75 Å². The molecule has 6 heteroatoms. The minimum atomic E-state index is -0.439. The monoisotopic (exact) mass is 408 g/mol. The molecule has 0 unspecified atom stereocenters. The van der Waals surface area contributed by atoms with Crippen molar-refractivity contribution in [1.82, 2.24) is 10.2 Å². The van der Waals surface area contributed by atoms with Gasteiger partial charge >= 0.3 is 5.97 Å². The number of carbonyl (C=O) groups excluding carboxylic acids is 1. The lowest BCUT2D eigenvalue weighted by atomic mass is 10.1. The predicted octanol–water partition coefficient (Wildman–Crippen LogP) is 3.99. The summed E-state index contributed by atoms with van der Waals surface area (Å²) in [6.07, 6.45) is -0.0321. The van der Waals surface area contributed by atoms with Gasteiger partial charge in [-0.1, -0.05) is 46.3 Å². The molecule has 1 N–H and O–H groups in total. The summed E-state index contributed by atoms with van der Waals surface area (Å²) >= 11 is 3.44. The Bertz CT molecular complexity index is 1200. The molecule has 4 aromatic rings. The van der Waals surface area contributed by atoms with Gasteiger partial charge in [0, 0.05) is 9.86 Å². The maximum Gasteiger partial charge on any atom is 0.317 e. The van der Waals surface area contributed by atoms with Gasteiger partial charge in [-0.3, -0.25) is 9.59 Å². The molecule has 0 aliphatic heterocycles. The second-order valence-corrected chi connectivity index (χ2v) is 6.76. The smallest absolute Gasteiger partial charge is 0.317 e. The number of aromatic nitrogens is 2. The molecule has 26 heavy (non-hydrogen) atoms. The molecule has 0 atom stereocenters. The molecule has 5 nitrogen and oxygen atoms in total. The minimum absolute atomic E-state index is 0.0321. The van der Waals surface area contributed by atoms with Crippen molar-refractivity contribution in [3.05, 3.63) is 81.2 Å². The van der Waals surface area contributed by atoms with Crippen LogP contribution >= 0.6 is 15.9 Å². The van der Waals surface area contributed by atoms with Gasteiger partial charge in [0.25, 0.3) is 5.56 Å². The van der Waals surface area contributed by atoms with Gasteiger partial charge in [0.1, 0.15) is 5.75 Å². The number of fused-ring (bicyclic) bond motifs is 2. The van der Waals surface area contributed by atoms with Gasteiger partial charge in [0.05, 0.1) is 17.5 Å². The van der Waals surface area contributed by atoms with Gasteiger partial charge in [-0.05, 0) is 41.1 Å². The van der Waals surface area contributed by atoms with Crippen LogP contribution in [0.1, 0.15) is 5.69 Å². The third kappa shape index (κ3) is 3.23. The summed E-state index contributed by atoms with van der Waals surface area (Å²) in [5.74, 6) is 0.0321. The number of hydrogen-bond donors (Lipinski definition) is 1. The quantitative estimate of drug-likeness (QED) is 0.410. The fourth-order valence-electron chi connectivity index (χ4n) is 2.87. The van der Waals surface area contributed by atoms with E-state index in [2.05, 4.69) is 26.1 Å². The highest BCUT2D eigenvalue weighted by Crippen LogP contribution is 2.24. The average molecular weight is 409 g/mol. The number of halogens is 1. The first-order valence-corrected chi connectivity index (χ1v) is 8.76. The molecule has 0 aliphatic carbocycles. The first-order valence-electron chi connectivity index (χ1n) is 7.96. The first kappa shape index (κ1) is 16.5. The summed E-state index contributed by atoms with van der Waals surface area (Å²) in [6, 6.07) is 18.4. The SMILES string of the molecule is O=C(Cc1n[nH]c(=O)c2ccccc12)Oc1ccc2cc(Br)ccc2c1. The number of rotatable bonds is 3. The van der Waals surface area contributed by atoms with Crippen molar-refractivity contribution < 1.29 is 9.53 Å². The number of nitrogens with one attached hydrogen (secondary N) is 1. The molecule has 0 bridgehead atoms. The summed E-state index contributed by atoms with van der Waals surface area (Å²) in [4.78, 5) is 24.2. The molecule has 4 rings (SSSR count). The lowest BCUT2D eigenvalue weighted by molar-refractivity contribution is -0.133. The Labute approximate surface area is 156 Å². The molecule has 0 amide bonds. The van der Waals surface area contributed by atoms with Crippen LogP contribution in [-0.4, -0.2) is 16.2 Å². The fourth-order valence-corrected chi connectivity index (χ4v) is 3.25. The van der Waals surface area contributed by atoms with Crippen LogP contribution in [0.5, 0.6) is 5.75 Å². The summed E-state index contributed by atoms with van der Waals surface area (Å²) in [5.41, 5.74) is 0.202. The van der Waals surface area contributed by atoms with Crippen LogP contribution in [0.4, 0.5) is 0 Å². The summed E-state index contributed by atoms with van der Waals surface area (Å²) in [5, 5.41) is 9.61. The highest BCUT2D eigenvalue weighted by atomic mass is 79.9. The van der Waals surface area contributed by atoms with Crippen LogP contribution in [0.25, 0.3) is 21.5 Å². The highest BCUT2D eigenvalue weighted by molar-refractivity contribution is 9.10. The third-order valence-electron chi connectivity index (χ3n) is 4.09. The Kier molecular flexibility index (Phi) is 4.26. The predicted molar refractivity (Wildman–Crippen MR) is 103 cm³/mol. The Hall–Kier alpha value is -2.99. The van der Waals surface area contributed by atoms with E-state index in [9.17, 15) is 9.59 Å². The van der Waals surface area contributed by atoms with E-state index in [0.29, 0.717) is 22.2 Å². The number of benzene rings is 3. The zero-order valence-electron chi connectivity index (χ0n) is 13.5. The molecule has 128 valence electrons. The van der Waals surface area contributed by atoms with Crippen molar-refractivity contribution in [2.75, 3.05) is 0 Å². The number of nitrogens with zero attached hydrogens (tertiary/aromatic N) is 1. The van der Waals surface area contributed by atoms with E-state index in [1.54, 1.807) is 30.3 Å². The van der Waals surface area contributed by atoms with E-state index in [1.807, 2.05) is 30.3 Å². The zero-order chi connectivity index (χ0) is 18.1. The largest absolute Gasteiger partial charge is 0.426 e. The van der Waals surface area contributed by atoms with Gasteiger partial charge in [-0.25, -0.2) is 5.10 Å². The van der Waals surface area contributed by atoms with Gasteiger partial charge in [-0.2, -0.15) is 5.10 Å². The molecule has 0 radical (unpaired) electrons. The second-order valence-electron chi connectivity index (χ2n) is 5.85. The average Bonchev–Trinajstić information content (AvgIpc) is 2.64. The summed E-state index contributed by atoms with van der Waals surface area (Å²) < 4.78 is 6.44. The molecule has 0 fully saturated rings. The topological polar surface area (TPSA) is 72.0 Å². The number of H-pyrrole nitrogens is 1. The van der Waals surface area contributed by atoms with Gasteiger partial charge in [0.15, 0.2) is 0 Å². The number of esters is 1. The van der Waals surface area contributed by atoms with Crippen LogP contribution < -0.4 is 10.3 Å². The molecular formula is C20H13BrN2O3. The van der Waals surface area contributed by atoms with Crippen molar-refractivity contribution >= 4 is 43.4 Å². The molecule has 0 spiro atoms. The highest BCUT2D eigenvalue weighted by Gasteiger charge is 2.12. The number of hydrogen-bond acceptors (Lipinski definition) is 4. The molecule has 1 heterocycles. The number of carbonyl (C=O) groups is 1.